The minimum Gasteiger partial charge on any atom is -0.325 e. The van der Waals surface area contributed by atoms with Crippen molar-refractivity contribution in [3.63, 3.8) is 0 Å². The van der Waals surface area contributed by atoms with E-state index in [-0.39, 0.29) is 17.2 Å². The maximum absolute atomic E-state index is 13.7. The molecule has 5 nitrogen and oxygen atoms in total. The monoisotopic (exact) mass is 495 g/mol. The summed E-state index contributed by atoms with van der Waals surface area (Å²) in [4.78, 5) is 33.3. The molecule has 4 aromatic rings. The highest BCUT2D eigenvalue weighted by Gasteiger charge is 2.24. The summed E-state index contributed by atoms with van der Waals surface area (Å²) in [5.74, 6) is 0.00340. The number of hydrogen-bond acceptors (Lipinski definition) is 5. The average molecular weight is 496 g/mol. The van der Waals surface area contributed by atoms with E-state index in [4.69, 9.17) is 16.6 Å². The third-order valence-electron chi connectivity index (χ3n) is 6.00. The van der Waals surface area contributed by atoms with E-state index in [0.29, 0.717) is 21.3 Å². The number of anilines is 1. The number of nitrogens with one attached hydrogen (secondary N) is 1. The Kier molecular flexibility index (Phi) is 6.03. The summed E-state index contributed by atoms with van der Waals surface area (Å²) < 4.78 is 1.61. The van der Waals surface area contributed by atoms with Crippen LogP contribution in [0.3, 0.4) is 0 Å². The molecule has 0 aliphatic heterocycles. The number of hydrogen-bond donors (Lipinski definition) is 1. The van der Waals surface area contributed by atoms with Crippen LogP contribution in [-0.4, -0.2) is 21.2 Å². The van der Waals surface area contributed by atoms with Gasteiger partial charge in [0.2, 0.25) is 5.91 Å². The van der Waals surface area contributed by atoms with Gasteiger partial charge in [0.05, 0.1) is 16.8 Å². The fraction of sp³-hybridized carbons (Fsp3) is 0.240. The van der Waals surface area contributed by atoms with Crippen molar-refractivity contribution in [2.24, 2.45) is 0 Å². The number of rotatable bonds is 5. The fourth-order valence-electron chi connectivity index (χ4n) is 4.14. The molecular weight excluding hydrogens is 474 g/mol. The normalized spacial score (nSPS) is 12.8. The molecule has 2 aromatic heterocycles. The lowest BCUT2D eigenvalue weighted by molar-refractivity contribution is -0.113. The zero-order chi connectivity index (χ0) is 23.1. The Hall–Kier alpha value is -2.61. The molecule has 168 valence electrons. The van der Waals surface area contributed by atoms with Gasteiger partial charge in [0.1, 0.15) is 4.83 Å². The number of carbonyl (C=O) groups is 1. The lowest BCUT2D eigenvalue weighted by atomic mass is 10.1. The van der Waals surface area contributed by atoms with E-state index in [0.717, 1.165) is 46.5 Å². The topological polar surface area (TPSA) is 64.0 Å². The first-order valence-corrected chi connectivity index (χ1v) is 12.9. The molecule has 0 fully saturated rings. The number of nitrogens with zero attached hydrogens (tertiary/aromatic N) is 2. The van der Waals surface area contributed by atoms with Crippen molar-refractivity contribution in [3.05, 3.63) is 79.4 Å². The summed E-state index contributed by atoms with van der Waals surface area (Å²) in [6.45, 7) is 4.00. The molecule has 1 N–H and O–H groups in total. The van der Waals surface area contributed by atoms with Crippen LogP contribution in [0.15, 0.2) is 52.4 Å². The Bertz CT molecular complexity index is 1440. The number of aromatic nitrogens is 2. The number of halogens is 1. The Balaban J connectivity index is 1.51. The van der Waals surface area contributed by atoms with Crippen molar-refractivity contribution in [1.82, 2.24) is 9.55 Å². The zero-order valence-electron chi connectivity index (χ0n) is 18.3. The van der Waals surface area contributed by atoms with Gasteiger partial charge in [0.25, 0.3) is 5.56 Å². The summed E-state index contributed by atoms with van der Waals surface area (Å²) in [6, 6.07) is 13.0. The number of benzene rings is 2. The molecule has 1 aliphatic rings. The molecule has 1 aliphatic carbocycles. The molecule has 0 atom stereocenters. The van der Waals surface area contributed by atoms with Crippen LogP contribution in [0, 0.1) is 13.8 Å². The zero-order valence-corrected chi connectivity index (χ0v) is 20.7. The molecule has 0 saturated carbocycles. The van der Waals surface area contributed by atoms with Crippen LogP contribution in [0.1, 0.15) is 28.0 Å². The SMILES string of the molecule is Cc1cccc(NC(=O)CSc2nc3sc4c(c3c(=O)n2-c2ccc(Cl)cc2)CCC4)c1C. The third kappa shape index (κ3) is 4.21. The van der Waals surface area contributed by atoms with Gasteiger partial charge in [-0.15, -0.1) is 11.3 Å². The molecule has 0 unspecified atom stereocenters. The van der Waals surface area contributed by atoms with Crippen molar-refractivity contribution in [2.45, 2.75) is 38.3 Å². The lowest BCUT2D eigenvalue weighted by Gasteiger charge is -2.13. The minimum absolute atomic E-state index is 0.0841. The van der Waals surface area contributed by atoms with Crippen molar-refractivity contribution in [1.29, 1.82) is 0 Å². The molecule has 0 bridgehead atoms. The van der Waals surface area contributed by atoms with E-state index in [2.05, 4.69) is 5.32 Å². The van der Waals surface area contributed by atoms with E-state index >= 15 is 0 Å². The highest BCUT2D eigenvalue weighted by Crippen LogP contribution is 2.36. The van der Waals surface area contributed by atoms with Crippen molar-refractivity contribution >= 4 is 56.5 Å². The van der Waals surface area contributed by atoms with E-state index in [1.807, 2.05) is 44.2 Å². The second kappa shape index (κ2) is 8.97. The summed E-state index contributed by atoms with van der Waals surface area (Å²) >= 11 is 8.95. The van der Waals surface area contributed by atoms with Crippen molar-refractivity contribution in [3.8, 4) is 5.69 Å². The summed E-state index contributed by atoms with van der Waals surface area (Å²) in [5, 5.41) is 4.80. The minimum atomic E-state index is -0.139. The molecular formula is C25H22ClN3O2S2. The fourth-order valence-corrected chi connectivity index (χ4v) is 6.38. The van der Waals surface area contributed by atoms with Crippen molar-refractivity contribution in [2.75, 3.05) is 11.1 Å². The Morgan fingerprint density at radius 3 is 2.76 bits per heavy atom. The number of aryl methyl sites for hydroxylation is 3. The van der Waals surface area contributed by atoms with Gasteiger partial charge in [-0.25, -0.2) is 4.98 Å². The maximum atomic E-state index is 13.7. The van der Waals surface area contributed by atoms with Gasteiger partial charge in [0, 0.05) is 15.6 Å². The van der Waals surface area contributed by atoms with Crippen LogP contribution < -0.4 is 10.9 Å². The summed E-state index contributed by atoms with van der Waals surface area (Å²) in [5.41, 5.74) is 4.71. The predicted octanol–water partition coefficient (Wildman–Crippen LogP) is 5.94. The third-order valence-corrected chi connectivity index (χ3v) is 8.38. The molecule has 0 spiro atoms. The van der Waals surface area contributed by atoms with E-state index < -0.39 is 0 Å². The van der Waals surface area contributed by atoms with Crippen LogP contribution in [0.25, 0.3) is 15.9 Å². The highest BCUT2D eigenvalue weighted by molar-refractivity contribution is 7.99. The molecule has 2 heterocycles. The lowest BCUT2D eigenvalue weighted by Crippen LogP contribution is -2.23. The maximum Gasteiger partial charge on any atom is 0.267 e. The smallest absolute Gasteiger partial charge is 0.267 e. The molecule has 2 aromatic carbocycles. The summed E-state index contributed by atoms with van der Waals surface area (Å²) in [6.07, 6.45) is 2.99. The molecule has 1 amide bonds. The van der Waals surface area contributed by atoms with Gasteiger partial charge in [-0.05, 0) is 80.1 Å². The van der Waals surface area contributed by atoms with Crippen LogP contribution in [0.5, 0.6) is 0 Å². The molecule has 0 saturated heterocycles. The quantitative estimate of drug-likeness (QED) is 0.275. The van der Waals surface area contributed by atoms with Gasteiger partial charge in [0.15, 0.2) is 5.16 Å². The number of amides is 1. The average Bonchev–Trinajstić information content (AvgIpc) is 3.37. The van der Waals surface area contributed by atoms with Crippen LogP contribution in [0.2, 0.25) is 5.02 Å². The highest BCUT2D eigenvalue weighted by atomic mass is 35.5. The largest absolute Gasteiger partial charge is 0.325 e. The van der Waals surface area contributed by atoms with Crippen LogP contribution in [-0.2, 0) is 17.6 Å². The predicted molar refractivity (Wildman–Crippen MR) is 138 cm³/mol. The van der Waals surface area contributed by atoms with Gasteiger partial charge in [-0.1, -0.05) is 35.5 Å². The van der Waals surface area contributed by atoms with Gasteiger partial charge in [-0.2, -0.15) is 0 Å². The number of thiophene rings is 1. The first-order valence-electron chi connectivity index (χ1n) is 10.7. The standard InChI is InChI=1S/C25H22ClN3O2S2/c1-14-5-3-7-19(15(14)2)27-21(30)13-32-25-28-23-22(18-6-4-8-20(18)33-23)24(31)29(25)17-11-9-16(26)10-12-17/h3,5,7,9-12H,4,6,8,13H2,1-2H3,(H,27,30). The van der Waals surface area contributed by atoms with E-state index in [9.17, 15) is 9.59 Å². The number of fused-ring (bicyclic) bond motifs is 3. The second-order valence-electron chi connectivity index (χ2n) is 8.13. The van der Waals surface area contributed by atoms with Gasteiger partial charge >= 0.3 is 0 Å². The first-order chi connectivity index (χ1) is 15.9. The van der Waals surface area contributed by atoms with E-state index in [1.54, 1.807) is 28.0 Å². The van der Waals surface area contributed by atoms with Crippen molar-refractivity contribution < 1.29 is 4.79 Å². The van der Waals surface area contributed by atoms with Gasteiger partial charge < -0.3 is 5.32 Å². The Morgan fingerprint density at radius 1 is 1.18 bits per heavy atom. The molecule has 0 radical (unpaired) electrons. The molecule has 5 rings (SSSR count). The van der Waals surface area contributed by atoms with Crippen LogP contribution in [0.4, 0.5) is 5.69 Å². The van der Waals surface area contributed by atoms with Crippen LogP contribution >= 0.6 is 34.7 Å². The molecule has 33 heavy (non-hydrogen) atoms. The number of carbonyl (C=O) groups excluding carboxylic acids is 1. The second-order valence-corrected chi connectivity index (χ2v) is 10.6. The number of thioether (sulfide) groups is 1. The Labute approximate surface area is 204 Å². The van der Waals surface area contributed by atoms with E-state index in [1.165, 1.54) is 16.6 Å². The molecule has 8 heteroatoms. The first kappa shape index (κ1) is 22.2. The van der Waals surface area contributed by atoms with Gasteiger partial charge in [-0.3, -0.25) is 14.2 Å². The summed E-state index contributed by atoms with van der Waals surface area (Å²) in [7, 11) is 0. The Morgan fingerprint density at radius 2 is 1.97 bits per heavy atom.